The van der Waals surface area contributed by atoms with E-state index in [1.165, 1.54) is 35.3 Å². The molecular formula is C11H17BrN2S. The highest BCUT2D eigenvalue weighted by molar-refractivity contribution is 9.11. The summed E-state index contributed by atoms with van der Waals surface area (Å²) >= 11 is 5.27. The summed E-state index contributed by atoms with van der Waals surface area (Å²) in [6, 6.07) is 2.22. The second-order valence-electron chi connectivity index (χ2n) is 4.21. The van der Waals surface area contributed by atoms with Crippen LogP contribution < -0.4 is 5.73 Å². The molecule has 0 aromatic carbocycles. The molecule has 1 aliphatic rings. The van der Waals surface area contributed by atoms with E-state index in [0.717, 1.165) is 19.0 Å². The van der Waals surface area contributed by atoms with Crippen LogP contribution in [0.15, 0.2) is 15.2 Å². The fourth-order valence-electron chi connectivity index (χ4n) is 2.07. The van der Waals surface area contributed by atoms with Crippen molar-refractivity contribution >= 4 is 27.3 Å². The smallest absolute Gasteiger partial charge is 0.0701 e. The monoisotopic (exact) mass is 288 g/mol. The predicted molar refractivity (Wildman–Crippen MR) is 69.1 cm³/mol. The maximum absolute atomic E-state index is 5.68. The van der Waals surface area contributed by atoms with E-state index in [2.05, 4.69) is 32.3 Å². The third-order valence-corrected chi connectivity index (χ3v) is 4.62. The van der Waals surface area contributed by atoms with Gasteiger partial charge in [-0.3, -0.25) is 4.90 Å². The van der Waals surface area contributed by atoms with E-state index in [-0.39, 0.29) is 0 Å². The Morgan fingerprint density at radius 3 is 2.73 bits per heavy atom. The van der Waals surface area contributed by atoms with E-state index in [0.29, 0.717) is 0 Å². The fourth-order valence-corrected chi connectivity index (χ4v) is 3.27. The Balaban J connectivity index is 1.82. The molecule has 0 unspecified atom stereocenters. The van der Waals surface area contributed by atoms with Crippen molar-refractivity contribution in [3.8, 4) is 0 Å². The van der Waals surface area contributed by atoms with Crippen molar-refractivity contribution in [3.63, 3.8) is 0 Å². The molecule has 1 saturated heterocycles. The molecule has 1 aromatic heterocycles. The second-order valence-corrected chi connectivity index (χ2v) is 6.50. The van der Waals surface area contributed by atoms with Crippen molar-refractivity contribution in [2.45, 2.75) is 19.4 Å². The van der Waals surface area contributed by atoms with Crippen LogP contribution in [0.25, 0.3) is 0 Å². The average molecular weight is 289 g/mol. The molecule has 15 heavy (non-hydrogen) atoms. The quantitative estimate of drug-likeness (QED) is 0.927. The lowest BCUT2D eigenvalue weighted by Gasteiger charge is -2.30. The summed E-state index contributed by atoms with van der Waals surface area (Å²) in [5.41, 5.74) is 7.11. The minimum Gasteiger partial charge on any atom is -0.330 e. The zero-order chi connectivity index (χ0) is 10.7. The molecule has 0 aliphatic carbocycles. The predicted octanol–water partition coefficient (Wildman–Crippen LogP) is 2.68. The number of hydrogen-bond donors (Lipinski definition) is 1. The Bertz CT molecular complexity index is 305. The lowest BCUT2D eigenvalue weighted by Crippen LogP contribution is -2.35. The largest absolute Gasteiger partial charge is 0.330 e. The van der Waals surface area contributed by atoms with Gasteiger partial charge in [-0.1, -0.05) is 0 Å². The maximum Gasteiger partial charge on any atom is 0.0701 e. The fraction of sp³-hybridized carbons (Fsp3) is 0.636. The molecule has 4 heteroatoms. The Labute approximate surface area is 104 Å². The van der Waals surface area contributed by atoms with Crippen LogP contribution >= 0.6 is 27.3 Å². The van der Waals surface area contributed by atoms with Crippen LogP contribution in [0.1, 0.15) is 18.4 Å². The van der Waals surface area contributed by atoms with Crippen molar-refractivity contribution in [1.29, 1.82) is 0 Å². The van der Waals surface area contributed by atoms with Crippen molar-refractivity contribution < 1.29 is 0 Å². The maximum atomic E-state index is 5.68. The number of thiophene rings is 1. The van der Waals surface area contributed by atoms with Crippen LogP contribution in [0, 0.1) is 5.92 Å². The lowest BCUT2D eigenvalue weighted by atomic mass is 9.97. The molecule has 2 nitrogen and oxygen atoms in total. The normalized spacial score (nSPS) is 19.6. The molecule has 2 rings (SSSR count). The zero-order valence-corrected chi connectivity index (χ0v) is 11.2. The number of hydrogen-bond acceptors (Lipinski definition) is 3. The number of likely N-dealkylation sites (tertiary alicyclic amines) is 1. The van der Waals surface area contributed by atoms with Gasteiger partial charge in [-0.2, -0.15) is 0 Å². The standard InChI is InChI=1S/C11H17BrN2S/c12-11-5-10(8-15-11)7-14-3-1-9(6-13)2-4-14/h5,8-9H,1-4,6-7,13H2. The third kappa shape index (κ3) is 3.28. The average Bonchev–Trinajstić information content (AvgIpc) is 2.65. The molecule has 0 radical (unpaired) electrons. The molecule has 0 atom stereocenters. The molecule has 1 aromatic rings. The van der Waals surface area contributed by atoms with Gasteiger partial charge in [0.05, 0.1) is 3.79 Å². The molecule has 84 valence electrons. The molecule has 0 spiro atoms. The van der Waals surface area contributed by atoms with Crippen LogP contribution in [0.2, 0.25) is 0 Å². The molecule has 2 heterocycles. The number of piperidine rings is 1. The number of nitrogens with two attached hydrogens (primary N) is 1. The zero-order valence-electron chi connectivity index (χ0n) is 8.79. The highest BCUT2D eigenvalue weighted by atomic mass is 79.9. The van der Waals surface area contributed by atoms with E-state index >= 15 is 0 Å². The van der Waals surface area contributed by atoms with Gasteiger partial charge in [0, 0.05) is 6.54 Å². The SMILES string of the molecule is NCC1CCN(Cc2csc(Br)c2)CC1. The number of halogens is 1. The van der Waals surface area contributed by atoms with E-state index < -0.39 is 0 Å². The van der Waals surface area contributed by atoms with Gasteiger partial charge < -0.3 is 5.73 Å². The molecule has 0 saturated carbocycles. The molecular weight excluding hydrogens is 272 g/mol. The van der Waals surface area contributed by atoms with Crippen LogP contribution in [-0.4, -0.2) is 24.5 Å². The summed E-state index contributed by atoms with van der Waals surface area (Å²) in [5, 5.41) is 2.24. The summed E-state index contributed by atoms with van der Waals surface area (Å²) in [4.78, 5) is 2.53. The van der Waals surface area contributed by atoms with Gasteiger partial charge in [0.25, 0.3) is 0 Å². The van der Waals surface area contributed by atoms with Gasteiger partial charge in [-0.05, 0) is 71.3 Å². The first kappa shape index (κ1) is 11.6. The third-order valence-electron chi connectivity index (χ3n) is 3.07. The Hall–Kier alpha value is 0.100. The van der Waals surface area contributed by atoms with Gasteiger partial charge >= 0.3 is 0 Å². The molecule has 0 bridgehead atoms. The molecule has 0 amide bonds. The first-order valence-electron chi connectivity index (χ1n) is 5.43. The molecule has 1 fully saturated rings. The summed E-state index contributed by atoms with van der Waals surface area (Å²) in [6.45, 7) is 4.36. The van der Waals surface area contributed by atoms with Crippen LogP contribution in [0.5, 0.6) is 0 Å². The Morgan fingerprint density at radius 1 is 1.47 bits per heavy atom. The van der Waals surface area contributed by atoms with E-state index in [9.17, 15) is 0 Å². The first-order chi connectivity index (χ1) is 7.28. The summed E-state index contributed by atoms with van der Waals surface area (Å²) < 4.78 is 1.23. The van der Waals surface area contributed by atoms with Crippen LogP contribution in [0.3, 0.4) is 0 Å². The van der Waals surface area contributed by atoms with Gasteiger partial charge in [-0.15, -0.1) is 11.3 Å². The number of nitrogens with zero attached hydrogens (tertiary/aromatic N) is 1. The van der Waals surface area contributed by atoms with E-state index in [1.807, 2.05) is 0 Å². The van der Waals surface area contributed by atoms with Gasteiger partial charge in [0.2, 0.25) is 0 Å². The highest BCUT2D eigenvalue weighted by Gasteiger charge is 2.17. The van der Waals surface area contributed by atoms with Gasteiger partial charge in [-0.25, -0.2) is 0 Å². The van der Waals surface area contributed by atoms with Crippen molar-refractivity contribution in [1.82, 2.24) is 4.90 Å². The molecule has 2 N–H and O–H groups in total. The highest BCUT2D eigenvalue weighted by Crippen LogP contribution is 2.23. The van der Waals surface area contributed by atoms with Crippen molar-refractivity contribution in [2.75, 3.05) is 19.6 Å². The molecule has 1 aliphatic heterocycles. The van der Waals surface area contributed by atoms with Crippen molar-refractivity contribution in [3.05, 3.63) is 20.8 Å². The summed E-state index contributed by atoms with van der Waals surface area (Å²) in [5.74, 6) is 0.760. The van der Waals surface area contributed by atoms with E-state index in [1.54, 1.807) is 11.3 Å². The Morgan fingerprint density at radius 2 is 2.20 bits per heavy atom. The van der Waals surface area contributed by atoms with Crippen molar-refractivity contribution in [2.24, 2.45) is 11.7 Å². The van der Waals surface area contributed by atoms with E-state index in [4.69, 9.17) is 5.73 Å². The van der Waals surface area contributed by atoms with Gasteiger partial charge in [0.15, 0.2) is 0 Å². The Kier molecular flexibility index (Phi) is 4.20. The minimum atomic E-state index is 0.760. The van der Waals surface area contributed by atoms with Crippen LogP contribution in [-0.2, 0) is 6.54 Å². The first-order valence-corrected chi connectivity index (χ1v) is 7.10. The minimum absolute atomic E-state index is 0.760. The lowest BCUT2D eigenvalue weighted by molar-refractivity contribution is 0.180. The summed E-state index contributed by atoms with van der Waals surface area (Å²) in [6.07, 6.45) is 2.53. The number of rotatable bonds is 3. The topological polar surface area (TPSA) is 29.3 Å². The van der Waals surface area contributed by atoms with Crippen LogP contribution in [0.4, 0.5) is 0 Å². The van der Waals surface area contributed by atoms with Gasteiger partial charge in [0.1, 0.15) is 0 Å². The summed E-state index contributed by atoms with van der Waals surface area (Å²) in [7, 11) is 0. The second kappa shape index (κ2) is 5.43.